The minimum Gasteiger partial charge on any atom is -0.492 e. The molecule has 0 aliphatic carbocycles. The Morgan fingerprint density at radius 1 is 1.47 bits per heavy atom. The molecule has 0 radical (unpaired) electrons. The highest BCUT2D eigenvalue weighted by atomic mass is 16.5. The molecule has 0 unspecified atom stereocenters. The van der Waals surface area contributed by atoms with Crippen molar-refractivity contribution in [3.05, 3.63) is 29.3 Å². The number of nitrogens with one attached hydrogen (secondary N) is 1. The Labute approximate surface area is 102 Å². The van der Waals surface area contributed by atoms with Gasteiger partial charge in [-0.25, -0.2) is 0 Å². The number of amides is 1. The van der Waals surface area contributed by atoms with E-state index in [1.54, 1.807) is 0 Å². The summed E-state index contributed by atoms with van der Waals surface area (Å²) in [7, 11) is 0. The number of para-hydroxylation sites is 1. The Bertz CT molecular complexity index is 377. The third-order valence-electron chi connectivity index (χ3n) is 2.41. The normalized spacial score (nSPS) is 10.1. The second-order valence-electron chi connectivity index (χ2n) is 3.77. The monoisotopic (exact) mass is 237 g/mol. The average molecular weight is 237 g/mol. The van der Waals surface area contributed by atoms with Crippen LogP contribution in [0.15, 0.2) is 18.2 Å². The summed E-state index contributed by atoms with van der Waals surface area (Å²) in [5, 5.41) is 11.9. The molecule has 0 bridgehead atoms. The number of hydrogen-bond acceptors (Lipinski definition) is 3. The Kier molecular flexibility index (Phi) is 5.49. The van der Waals surface area contributed by atoms with Gasteiger partial charge in [-0.1, -0.05) is 18.2 Å². The van der Waals surface area contributed by atoms with E-state index >= 15 is 0 Å². The third kappa shape index (κ3) is 4.07. The van der Waals surface area contributed by atoms with Crippen molar-refractivity contribution >= 4 is 5.91 Å². The van der Waals surface area contributed by atoms with Crippen molar-refractivity contribution < 1.29 is 14.6 Å². The van der Waals surface area contributed by atoms with Crippen LogP contribution in [-0.2, 0) is 11.4 Å². The summed E-state index contributed by atoms with van der Waals surface area (Å²) in [5.41, 5.74) is 1.72. The molecule has 1 aromatic carbocycles. The van der Waals surface area contributed by atoms with Crippen molar-refractivity contribution in [2.45, 2.75) is 26.9 Å². The van der Waals surface area contributed by atoms with Gasteiger partial charge in [0, 0.05) is 12.1 Å². The van der Waals surface area contributed by atoms with Crippen LogP contribution in [0.4, 0.5) is 0 Å². The van der Waals surface area contributed by atoms with E-state index in [0.717, 1.165) is 11.1 Å². The van der Waals surface area contributed by atoms with Gasteiger partial charge in [-0.2, -0.15) is 0 Å². The number of aryl methyl sites for hydroxylation is 1. The summed E-state index contributed by atoms with van der Waals surface area (Å²) in [6, 6.07) is 5.60. The van der Waals surface area contributed by atoms with Crippen LogP contribution in [0.5, 0.6) is 5.75 Å². The van der Waals surface area contributed by atoms with Gasteiger partial charge in [-0.3, -0.25) is 4.79 Å². The molecule has 0 aliphatic rings. The van der Waals surface area contributed by atoms with Crippen LogP contribution in [0.3, 0.4) is 0 Å². The summed E-state index contributed by atoms with van der Waals surface area (Å²) in [6.07, 6.45) is 0.326. The number of carbonyl (C=O) groups excluding carboxylic acids is 1. The molecule has 0 aliphatic heterocycles. The zero-order chi connectivity index (χ0) is 12.7. The molecule has 4 heteroatoms. The molecule has 0 fully saturated rings. The molecular formula is C13H19NO3. The fourth-order valence-corrected chi connectivity index (χ4v) is 1.58. The predicted molar refractivity (Wildman–Crippen MR) is 65.9 cm³/mol. The zero-order valence-corrected chi connectivity index (χ0v) is 10.3. The fraction of sp³-hybridized carbons (Fsp3) is 0.462. The van der Waals surface area contributed by atoms with E-state index in [0.29, 0.717) is 25.3 Å². The van der Waals surface area contributed by atoms with Crippen molar-refractivity contribution in [3.63, 3.8) is 0 Å². The van der Waals surface area contributed by atoms with Gasteiger partial charge < -0.3 is 15.2 Å². The van der Waals surface area contributed by atoms with Gasteiger partial charge in [-0.15, -0.1) is 0 Å². The van der Waals surface area contributed by atoms with Crippen molar-refractivity contribution in [1.82, 2.24) is 5.32 Å². The predicted octanol–water partition coefficient (Wildman–Crippen LogP) is 1.39. The van der Waals surface area contributed by atoms with Crippen LogP contribution in [-0.4, -0.2) is 24.2 Å². The van der Waals surface area contributed by atoms with Gasteiger partial charge in [-0.05, 0) is 19.4 Å². The van der Waals surface area contributed by atoms with Crippen LogP contribution in [0.25, 0.3) is 0 Å². The maximum atomic E-state index is 11.2. The lowest BCUT2D eigenvalue weighted by atomic mass is 10.1. The van der Waals surface area contributed by atoms with E-state index in [9.17, 15) is 9.90 Å². The van der Waals surface area contributed by atoms with Crippen LogP contribution in [0.1, 0.15) is 24.5 Å². The molecule has 1 amide bonds. The third-order valence-corrected chi connectivity index (χ3v) is 2.41. The Hall–Kier alpha value is -1.55. The van der Waals surface area contributed by atoms with Gasteiger partial charge in [0.15, 0.2) is 0 Å². The summed E-state index contributed by atoms with van der Waals surface area (Å²) in [6.45, 7) is 4.69. The summed E-state index contributed by atoms with van der Waals surface area (Å²) in [4.78, 5) is 11.2. The molecule has 4 nitrogen and oxygen atoms in total. The van der Waals surface area contributed by atoms with E-state index in [-0.39, 0.29) is 12.5 Å². The quantitative estimate of drug-likeness (QED) is 0.786. The number of aliphatic hydroxyl groups excluding tert-OH is 1. The van der Waals surface area contributed by atoms with Crippen LogP contribution >= 0.6 is 0 Å². The molecule has 17 heavy (non-hydrogen) atoms. The van der Waals surface area contributed by atoms with Crippen molar-refractivity contribution in [1.29, 1.82) is 0 Å². The molecule has 1 aromatic rings. The van der Waals surface area contributed by atoms with Crippen LogP contribution < -0.4 is 10.1 Å². The first-order valence-corrected chi connectivity index (χ1v) is 5.77. The SMILES string of the molecule is CCNC(=O)CCOc1c(C)cccc1CO. The first-order valence-electron chi connectivity index (χ1n) is 5.77. The lowest BCUT2D eigenvalue weighted by Gasteiger charge is -2.12. The number of ether oxygens (including phenoxy) is 1. The molecule has 0 aromatic heterocycles. The fourth-order valence-electron chi connectivity index (χ4n) is 1.58. The first-order chi connectivity index (χ1) is 8.19. The largest absolute Gasteiger partial charge is 0.492 e. The standard InChI is InChI=1S/C13H19NO3/c1-3-14-12(16)7-8-17-13-10(2)5-4-6-11(13)9-15/h4-6,15H,3,7-9H2,1-2H3,(H,14,16). The molecule has 0 atom stereocenters. The molecular weight excluding hydrogens is 218 g/mol. The van der Waals surface area contributed by atoms with E-state index in [1.165, 1.54) is 0 Å². The second kappa shape index (κ2) is 6.91. The molecule has 0 spiro atoms. The van der Waals surface area contributed by atoms with E-state index in [2.05, 4.69) is 5.32 Å². The molecule has 0 heterocycles. The maximum Gasteiger partial charge on any atom is 0.223 e. The number of aliphatic hydroxyl groups is 1. The molecule has 0 saturated carbocycles. The smallest absolute Gasteiger partial charge is 0.223 e. The van der Waals surface area contributed by atoms with Crippen LogP contribution in [0, 0.1) is 6.92 Å². The Morgan fingerprint density at radius 2 is 2.24 bits per heavy atom. The zero-order valence-electron chi connectivity index (χ0n) is 10.3. The lowest BCUT2D eigenvalue weighted by Crippen LogP contribution is -2.24. The first kappa shape index (κ1) is 13.5. The molecule has 1 rings (SSSR count). The van der Waals surface area contributed by atoms with Crippen molar-refractivity contribution in [3.8, 4) is 5.75 Å². The minimum atomic E-state index is -0.0574. The van der Waals surface area contributed by atoms with E-state index in [4.69, 9.17) is 4.74 Å². The number of rotatable bonds is 6. The second-order valence-corrected chi connectivity index (χ2v) is 3.77. The van der Waals surface area contributed by atoms with Crippen molar-refractivity contribution in [2.75, 3.05) is 13.2 Å². The van der Waals surface area contributed by atoms with E-state index < -0.39 is 0 Å². The van der Waals surface area contributed by atoms with Gasteiger partial charge in [0.2, 0.25) is 5.91 Å². The van der Waals surface area contributed by atoms with Crippen LogP contribution in [0.2, 0.25) is 0 Å². The molecule has 94 valence electrons. The highest BCUT2D eigenvalue weighted by Crippen LogP contribution is 2.23. The average Bonchev–Trinajstić information content (AvgIpc) is 2.31. The topological polar surface area (TPSA) is 58.6 Å². The number of carbonyl (C=O) groups is 1. The molecule has 0 saturated heterocycles. The Morgan fingerprint density at radius 3 is 2.88 bits per heavy atom. The lowest BCUT2D eigenvalue weighted by molar-refractivity contribution is -0.121. The number of hydrogen-bond donors (Lipinski definition) is 2. The van der Waals surface area contributed by atoms with Gasteiger partial charge in [0.1, 0.15) is 5.75 Å². The van der Waals surface area contributed by atoms with Gasteiger partial charge >= 0.3 is 0 Å². The maximum absolute atomic E-state index is 11.2. The summed E-state index contributed by atoms with van der Waals surface area (Å²) >= 11 is 0. The minimum absolute atomic E-state index is 0.0216. The summed E-state index contributed by atoms with van der Waals surface area (Å²) in [5.74, 6) is 0.658. The number of benzene rings is 1. The summed E-state index contributed by atoms with van der Waals surface area (Å²) < 4.78 is 5.55. The highest BCUT2D eigenvalue weighted by Gasteiger charge is 2.07. The molecule has 2 N–H and O–H groups in total. The Balaban J connectivity index is 2.54. The van der Waals surface area contributed by atoms with Crippen molar-refractivity contribution in [2.24, 2.45) is 0 Å². The van der Waals surface area contributed by atoms with E-state index in [1.807, 2.05) is 32.0 Å². The van der Waals surface area contributed by atoms with Gasteiger partial charge in [0.25, 0.3) is 0 Å². The highest BCUT2D eigenvalue weighted by molar-refractivity contribution is 5.75. The van der Waals surface area contributed by atoms with Gasteiger partial charge in [0.05, 0.1) is 19.6 Å².